The Hall–Kier alpha value is -4.97. The van der Waals surface area contributed by atoms with Crippen LogP contribution in [0.3, 0.4) is 0 Å². The van der Waals surface area contributed by atoms with Crippen molar-refractivity contribution in [1.82, 2.24) is 25.2 Å². The van der Waals surface area contributed by atoms with E-state index in [0.29, 0.717) is 65.5 Å². The molecule has 0 aliphatic rings. The molecule has 2 aromatic heterocycles. The summed E-state index contributed by atoms with van der Waals surface area (Å²) in [6, 6.07) is 9.14. The minimum Gasteiger partial charge on any atom is -0.507 e. The highest BCUT2D eigenvalue weighted by molar-refractivity contribution is 9.10. The van der Waals surface area contributed by atoms with Crippen LogP contribution in [-0.4, -0.2) is 80.5 Å². The van der Waals surface area contributed by atoms with Crippen LogP contribution in [0.2, 0.25) is 0 Å². The molecule has 2 heterocycles. The molecule has 3 aromatic rings. The van der Waals surface area contributed by atoms with Crippen LogP contribution in [0.4, 0.5) is 4.79 Å². The number of hydrogen-bond acceptors (Lipinski definition) is 10. The second-order valence-corrected chi connectivity index (χ2v) is 11.7. The normalized spacial score (nSPS) is 11.4. The van der Waals surface area contributed by atoms with E-state index in [0.717, 1.165) is 5.39 Å². The number of unbranched alkanes of at least 4 members (excludes halogenated alkanes) is 3. The average molecular weight is 731 g/mol. The fourth-order valence-electron chi connectivity index (χ4n) is 4.61. The highest BCUT2D eigenvalue weighted by Gasteiger charge is 2.22. The fraction of sp³-hybridized carbons (Fsp3) is 0.424. The smallest absolute Gasteiger partial charge is 0.407 e. The SMILES string of the molecule is C#CCNC(=O)CCCCCNC(=O)OC(CCN(C)C(=O)CCCCC(=O)On1c(O)ccc1O)c1ccc2ccc(O)c(Br)c2n1. The average Bonchev–Trinajstić information content (AvgIpc) is 3.38. The number of carbonyl (C=O) groups is 4. The van der Waals surface area contributed by atoms with Crippen molar-refractivity contribution in [2.24, 2.45) is 0 Å². The van der Waals surface area contributed by atoms with Crippen molar-refractivity contribution in [3.8, 4) is 29.9 Å². The molecule has 3 amide bonds. The number of aromatic hydroxyl groups is 3. The van der Waals surface area contributed by atoms with Crippen LogP contribution < -0.4 is 15.5 Å². The van der Waals surface area contributed by atoms with Gasteiger partial charge in [0.25, 0.3) is 0 Å². The molecule has 0 aliphatic carbocycles. The van der Waals surface area contributed by atoms with Crippen LogP contribution in [-0.2, 0) is 19.1 Å². The zero-order valence-corrected chi connectivity index (χ0v) is 28.2. The molecule has 1 atom stereocenters. The van der Waals surface area contributed by atoms with Gasteiger partial charge in [-0.05, 0) is 59.8 Å². The Morgan fingerprint density at radius 2 is 1.65 bits per heavy atom. The lowest BCUT2D eigenvalue weighted by Crippen LogP contribution is -2.31. The van der Waals surface area contributed by atoms with Crippen LogP contribution in [0.5, 0.6) is 17.5 Å². The topological polar surface area (TPSA) is 193 Å². The first kappa shape index (κ1) is 37.5. The summed E-state index contributed by atoms with van der Waals surface area (Å²) in [7, 11) is 1.63. The number of nitrogens with one attached hydrogen (secondary N) is 2. The van der Waals surface area contributed by atoms with Gasteiger partial charge in [0, 0.05) is 63.3 Å². The molecular formula is C33H40BrN5O9. The summed E-state index contributed by atoms with van der Waals surface area (Å²) in [5.74, 6) is 0.541. The maximum atomic E-state index is 12.8. The summed E-state index contributed by atoms with van der Waals surface area (Å²) >= 11 is 3.36. The quantitative estimate of drug-likeness (QED) is 0.0942. The lowest BCUT2D eigenvalue weighted by molar-refractivity contribution is -0.145. The standard InChI is InChI=1S/C33H40BrN5O9/c1-3-19-35-26(41)9-5-4-8-20-36-33(46)47-25(23-14-12-22-13-15-24(40)31(34)32(22)37-23)18-21-38(2)27(42)10-6-7-11-30(45)48-39-28(43)16-17-29(39)44/h1,12-17,25,40,43-44H,4-11,18-21H2,2H3,(H,35,41)(H,36,46). The highest BCUT2D eigenvalue weighted by Crippen LogP contribution is 2.32. The number of halogens is 1. The first-order chi connectivity index (χ1) is 23.0. The number of phenols is 1. The van der Waals surface area contributed by atoms with Gasteiger partial charge in [0.05, 0.1) is 22.2 Å². The van der Waals surface area contributed by atoms with E-state index in [4.69, 9.17) is 16.0 Å². The van der Waals surface area contributed by atoms with E-state index in [1.54, 1.807) is 31.3 Å². The largest absolute Gasteiger partial charge is 0.507 e. The van der Waals surface area contributed by atoms with E-state index in [1.165, 1.54) is 17.0 Å². The van der Waals surface area contributed by atoms with Gasteiger partial charge in [0.15, 0.2) is 0 Å². The van der Waals surface area contributed by atoms with Gasteiger partial charge < -0.3 is 40.4 Å². The number of fused-ring (bicyclic) bond motifs is 1. The number of terminal acetylenes is 1. The molecular weight excluding hydrogens is 690 g/mol. The molecule has 0 saturated carbocycles. The summed E-state index contributed by atoms with van der Waals surface area (Å²) in [6.07, 6.45) is 7.08. The number of ether oxygens (including phenoxy) is 1. The molecule has 48 heavy (non-hydrogen) atoms. The van der Waals surface area contributed by atoms with Gasteiger partial charge in [0.1, 0.15) is 11.9 Å². The Morgan fingerprint density at radius 1 is 0.958 bits per heavy atom. The van der Waals surface area contributed by atoms with Gasteiger partial charge in [-0.2, -0.15) is 0 Å². The van der Waals surface area contributed by atoms with E-state index in [1.807, 2.05) is 0 Å². The van der Waals surface area contributed by atoms with Gasteiger partial charge in [-0.3, -0.25) is 9.59 Å². The third kappa shape index (κ3) is 11.7. The van der Waals surface area contributed by atoms with Crippen molar-refractivity contribution in [3.05, 3.63) is 46.6 Å². The number of alkyl carbamates (subject to hydrolysis) is 1. The number of aromatic nitrogens is 2. The van der Waals surface area contributed by atoms with Crippen molar-refractivity contribution >= 4 is 50.7 Å². The minimum absolute atomic E-state index is 0.00972. The second kappa shape index (κ2) is 19.0. The Morgan fingerprint density at radius 3 is 2.38 bits per heavy atom. The summed E-state index contributed by atoms with van der Waals surface area (Å²) in [5, 5.41) is 35.4. The van der Waals surface area contributed by atoms with E-state index >= 15 is 0 Å². The Labute approximate surface area is 286 Å². The van der Waals surface area contributed by atoms with Gasteiger partial charge in [-0.1, -0.05) is 18.4 Å². The molecule has 0 bridgehead atoms. The monoisotopic (exact) mass is 729 g/mol. The Kier molecular flexibility index (Phi) is 14.8. The number of carbonyl (C=O) groups excluding carboxylic acids is 4. The van der Waals surface area contributed by atoms with E-state index in [-0.39, 0.29) is 49.9 Å². The minimum atomic E-state index is -0.824. The van der Waals surface area contributed by atoms with E-state index < -0.39 is 29.9 Å². The second-order valence-electron chi connectivity index (χ2n) is 10.9. The van der Waals surface area contributed by atoms with Crippen LogP contribution in [0.1, 0.15) is 69.6 Å². The van der Waals surface area contributed by atoms with Gasteiger partial charge in [-0.15, -0.1) is 11.2 Å². The number of pyridine rings is 1. The van der Waals surface area contributed by atoms with Crippen molar-refractivity contribution in [3.63, 3.8) is 0 Å². The molecule has 15 heteroatoms. The summed E-state index contributed by atoms with van der Waals surface area (Å²) < 4.78 is 6.77. The molecule has 5 N–H and O–H groups in total. The first-order valence-corrected chi connectivity index (χ1v) is 16.3. The van der Waals surface area contributed by atoms with Gasteiger partial charge in [0.2, 0.25) is 23.6 Å². The zero-order valence-electron chi connectivity index (χ0n) is 26.6. The molecule has 0 aliphatic heterocycles. The molecule has 1 unspecified atom stereocenters. The van der Waals surface area contributed by atoms with Crippen molar-refractivity contribution in [2.45, 2.75) is 63.9 Å². The third-order valence-electron chi connectivity index (χ3n) is 7.28. The number of benzene rings is 1. The number of phenolic OH excluding ortho intramolecular Hbond substituents is 1. The third-order valence-corrected chi connectivity index (χ3v) is 8.06. The van der Waals surface area contributed by atoms with Crippen molar-refractivity contribution in [2.75, 3.05) is 26.7 Å². The maximum Gasteiger partial charge on any atom is 0.407 e. The molecule has 0 spiro atoms. The van der Waals surface area contributed by atoms with Crippen LogP contribution in [0.15, 0.2) is 40.9 Å². The maximum absolute atomic E-state index is 12.8. The highest BCUT2D eigenvalue weighted by atomic mass is 79.9. The lowest BCUT2D eigenvalue weighted by Gasteiger charge is -2.22. The molecule has 0 saturated heterocycles. The molecule has 258 valence electrons. The van der Waals surface area contributed by atoms with Crippen LogP contribution in [0, 0.1) is 12.3 Å². The van der Waals surface area contributed by atoms with E-state index in [9.17, 15) is 34.5 Å². The first-order valence-electron chi connectivity index (χ1n) is 15.5. The predicted octanol–water partition coefficient (Wildman–Crippen LogP) is 4.06. The number of nitrogens with zero attached hydrogens (tertiary/aromatic N) is 3. The lowest BCUT2D eigenvalue weighted by atomic mass is 10.1. The van der Waals surface area contributed by atoms with Crippen LogP contribution >= 0.6 is 15.9 Å². The Balaban J connectivity index is 1.52. The number of amides is 3. The van der Waals surface area contributed by atoms with Crippen molar-refractivity contribution in [1.29, 1.82) is 0 Å². The van der Waals surface area contributed by atoms with Crippen molar-refractivity contribution < 1.29 is 44.1 Å². The van der Waals surface area contributed by atoms with Gasteiger partial charge in [-0.25, -0.2) is 14.6 Å². The van der Waals surface area contributed by atoms with Gasteiger partial charge >= 0.3 is 12.1 Å². The fourth-order valence-corrected chi connectivity index (χ4v) is 5.06. The number of rotatable bonds is 18. The zero-order chi connectivity index (χ0) is 35.1. The summed E-state index contributed by atoms with van der Waals surface area (Å²) in [6.45, 7) is 0.755. The van der Waals surface area contributed by atoms with Crippen LogP contribution in [0.25, 0.3) is 10.9 Å². The molecule has 0 fully saturated rings. The molecule has 14 nitrogen and oxygen atoms in total. The Bertz CT molecular complexity index is 1600. The molecule has 0 radical (unpaired) electrons. The molecule has 3 rings (SSSR count). The number of hydrogen-bond donors (Lipinski definition) is 5. The van der Waals surface area contributed by atoms with E-state index in [2.05, 4.69) is 37.5 Å². The molecule has 1 aromatic carbocycles. The predicted molar refractivity (Wildman–Crippen MR) is 179 cm³/mol. The summed E-state index contributed by atoms with van der Waals surface area (Å²) in [5.41, 5.74) is 0.916. The summed E-state index contributed by atoms with van der Waals surface area (Å²) in [4.78, 5) is 60.3.